The van der Waals surface area contributed by atoms with Gasteiger partial charge in [0.25, 0.3) is 0 Å². The Kier molecular flexibility index (Phi) is 4.50. The first-order valence-corrected chi connectivity index (χ1v) is 5.48. The third-order valence-electron chi connectivity index (χ3n) is 2.34. The Morgan fingerprint density at radius 1 is 1.14 bits per heavy atom. The molecular weight excluding hydrogens is 178 g/mol. The summed E-state index contributed by atoms with van der Waals surface area (Å²) < 4.78 is 5.10. The molecule has 1 aromatic rings. The van der Waals surface area contributed by atoms with Crippen LogP contribution in [0.2, 0.25) is 0 Å². The highest BCUT2D eigenvalue weighted by molar-refractivity contribution is 5.07. The third kappa shape index (κ3) is 3.05. The van der Waals surface area contributed by atoms with Crippen LogP contribution in [0.3, 0.4) is 0 Å². The minimum atomic E-state index is -0.304. The van der Waals surface area contributed by atoms with Crippen molar-refractivity contribution in [3.63, 3.8) is 0 Å². The molecule has 0 aliphatic heterocycles. The Hall–Kier alpha value is -0.990. The van der Waals surface area contributed by atoms with Gasteiger partial charge in [-0.15, -0.1) is 0 Å². The molecule has 0 fully saturated rings. The van der Waals surface area contributed by atoms with Crippen molar-refractivity contribution in [3.05, 3.63) is 22.0 Å². The molecule has 0 saturated carbocycles. The average Bonchev–Trinajstić information content (AvgIpc) is 2.52. The van der Waals surface area contributed by atoms with Crippen LogP contribution in [0.5, 0.6) is 0 Å². The van der Waals surface area contributed by atoms with E-state index in [9.17, 15) is 4.79 Å². The van der Waals surface area contributed by atoms with Crippen LogP contribution in [0.4, 0.5) is 0 Å². The van der Waals surface area contributed by atoms with Crippen LogP contribution in [0.15, 0.2) is 9.21 Å². The van der Waals surface area contributed by atoms with Crippen LogP contribution in [-0.2, 0) is 12.8 Å². The van der Waals surface area contributed by atoms with E-state index in [2.05, 4.69) is 18.8 Å². The Balaban J connectivity index is 2.64. The maximum Gasteiger partial charge on any atom is 0.416 e. The summed E-state index contributed by atoms with van der Waals surface area (Å²) in [7, 11) is 0. The van der Waals surface area contributed by atoms with Gasteiger partial charge in [-0.3, -0.25) is 4.98 Å². The van der Waals surface area contributed by atoms with Crippen LogP contribution in [-0.4, -0.2) is 4.98 Å². The highest BCUT2D eigenvalue weighted by atomic mass is 16.4. The second-order valence-corrected chi connectivity index (χ2v) is 3.62. The predicted molar refractivity (Wildman–Crippen MR) is 56.6 cm³/mol. The van der Waals surface area contributed by atoms with Crippen molar-refractivity contribution in [2.24, 2.45) is 0 Å². The van der Waals surface area contributed by atoms with Crippen LogP contribution in [0, 0.1) is 0 Å². The van der Waals surface area contributed by atoms with Gasteiger partial charge in [0.1, 0.15) is 5.76 Å². The van der Waals surface area contributed by atoms with Crippen molar-refractivity contribution in [2.45, 2.75) is 52.4 Å². The Labute approximate surface area is 84.5 Å². The molecule has 0 bridgehead atoms. The van der Waals surface area contributed by atoms with Gasteiger partial charge in [-0.2, -0.15) is 0 Å². The maximum absolute atomic E-state index is 11.0. The van der Waals surface area contributed by atoms with E-state index in [-0.39, 0.29) is 5.76 Å². The second kappa shape index (κ2) is 5.68. The molecule has 0 aliphatic carbocycles. The summed E-state index contributed by atoms with van der Waals surface area (Å²) in [5.74, 6) is 0.563. The molecule has 0 amide bonds. The summed E-state index contributed by atoms with van der Waals surface area (Å²) in [5.41, 5.74) is 1.00. The number of aromatic amines is 1. The lowest BCUT2D eigenvalue weighted by Gasteiger charge is -1.98. The molecule has 1 N–H and O–H groups in total. The van der Waals surface area contributed by atoms with Gasteiger partial charge in [0.15, 0.2) is 0 Å². The minimum absolute atomic E-state index is 0.304. The Morgan fingerprint density at radius 2 is 1.79 bits per heavy atom. The van der Waals surface area contributed by atoms with Crippen molar-refractivity contribution in [1.82, 2.24) is 4.98 Å². The zero-order chi connectivity index (χ0) is 10.4. The first kappa shape index (κ1) is 11.1. The molecule has 80 valence electrons. The summed E-state index contributed by atoms with van der Waals surface area (Å²) in [6, 6.07) is 0. The number of hydrogen-bond donors (Lipinski definition) is 1. The molecule has 0 aliphatic rings. The van der Waals surface area contributed by atoms with Gasteiger partial charge in [-0.25, -0.2) is 4.79 Å². The lowest BCUT2D eigenvalue weighted by molar-refractivity contribution is 0.460. The highest BCUT2D eigenvalue weighted by Gasteiger charge is 2.08. The Morgan fingerprint density at radius 3 is 2.43 bits per heavy atom. The smallest absolute Gasteiger partial charge is 0.413 e. The van der Waals surface area contributed by atoms with Crippen molar-refractivity contribution in [2.75, 3.05) is 0 Å². The Bertz CT molecular complexity index is 283. The third-order valence-corrected chi connectivity index (χ3v) is 2.34. The molecule has 1 aromatic heterocycles. The monoisotopic (exact) mass is 197 g/mol. The molecule has 14 heavy (non-hydrogen) atoms. The van der Waals surface area contributed by atoms with Crippen molar-refractivity contribution in [1.29, 1.82) is 0 Å². The molecule has 0 saturated heterocycles. The van der Waals surface area contributed by atoms with Gasteiger partial charge in [-0.1, -0.05) is 26.7 Å². The molecular formula is C11H19NO2. The molecule has 1 rings (SSSR count). The predicted octanol–water partition coefficient (Wildman–Crippen LogP) is 2.65. The van der Waals surface area contributed by atoms with E-state index >= 15 is 0 Å². The van der Waals surface area contributed by atoms with E-state index in [4.69, 9.17) is 4.42 Å². The fourth-order valence-electron chi connectivity index (χ4n) is 1.49. The van der Waals surface area contributed by atoms with E-state index in [1.807, 2.05) is 0 Å². The summed E-state index contributed by atoms with van der Waals surface area (Å²) >= 11 is 0. The zero-order valence-corrected chi connectivity index (χ0v) is 9.06. The number of oxazole rings is 1. The lowest BCUT2D eigenvalue weighted by atomic mass is 10.1. The van der Waals surface area contributed by atoms with E-state index in [0.29, 0.717) is 0 Å². The molecule has 0 unspecified atom stereocenters. The van der Waals surface area contributed by atoms with Crippen molar-refractivity contribution in [3.8, 4) is 0 Å². The van der Waals surface area contributed by atoms with E-state index < -0.39 is 0 Å². The fourth-order valence-corrected chi connectivity index (χ4v) is 1.49. The average molecular weight is 197 g/mol. The summed E-state index contributed by atoms with van der Waals surface area (Å²) in [4.78, 5) is 13.8. The van der Waals surface area contributed by atoms with Crippen LogP contribution < -0.4 is 5.76 Å². The van der Waals surface area contributed by atoms with Gasteiger partial charge in [0, 0.05) is 6.42 Å². The molecule has 1 heterocycles. The standard InChI is InChI=1S/C11H19NO2/c1-3-5-7-9-10(8-6-4-2)14-11(13)12-9/h3-8H2,1-2H3,(H,12,13). The van der Waals surface area contributed by atoms with Crippen LogP contribution >= 0.6 is 0 Å². The zero-order valence-electron chi connectivity index (χ0n) is 9.06. The van der Waals surface area contributed by atoms with Gasteiger partial charge in [-0.05, 0) is 19.3 Å². The number of hydrogen-bond acceptors (Lipinski definition) is 2. The highest BCUT2D eigenvalue weighted by Crippen LogP contribution is 2.10. The number of aryl methyl sites for hydroxylation is 2. The summed E-state index contributed by atoms with van der Waals surface area (Å²) in [6.45, 7) is 4.28. The lowest BCUT2D eigenvalue weighted by Crippen LogP contribution is -1.97. The molecule has 0 spiro atoms. The van der Waals surface area contributed by atoms with E-state index in [1.165, 1.54) is 0 Å². The normalized spacial score (nSPS) is 10.7. The topological polar surface area (TPSA) is 46.0 Å². The molecule has 0 radical (unpaired) electrons. The van der Waals surface area contributed by atoms with Crippen molar-refractivity contribution >= 4 is 0 Å². The number of nitrogens with one attached hydrogen (secondary N) is 1. The quantitative estimate of drug-likeness (QED) is 0.762. The minimum Gasteiger partial charge on any atom is -0.413 e. The molecule has 3 heteroatoms. The molecule has 0 atom stereocenters. The second-order valence-electron chi connectivity index (χ2n) is 3.62. The van der Waals surface area contributed by atoms with Crippen LogP contribution in [0.25, 0.3) is 0 Å². The van der Waals surface area contributed by atoms with Crippen LogP contribution in [0.1, 0.15) is 51.0 Å². The SMILES string of the molecule is CCCCc1[nH]c(=O)oc1CCCC. The number of rotatable bonds is 6. The van der Waals surface area contributed by atoms with Gasteiger partial charge >= 0.3 is 5.76 Å². The molecule has 3 nitrogen and oxygen atoms in total. The summed E-state index contributed by atoms with van der Waals surface area (Å²) in [5, 5.41) is 0. The molecule has 0 aromatic carbocycles. The van der Waals surface area contributed by atoms with Gasteiger partial charge in [0.05, 0.1) is 5.69 Å². The largest absolute Gasteiger partial charge is 0.416 e. The first-order chi connectivity index (χ1) is 6.77. The number of aromatic nitrogens is 1. The summed E-state index contributed by atoms with van der Waals surface area (Å²) in [6.07, 6.45) is 6.27. The van der Waals surface area contributed by atoms with E-state index in [0.717, 1.165) is 50.0 Å². The number of H-pyrrole nitrogens is 1. The van der Waals surface area contributed by atoms with Crippen molar-refractivity contribution < 1.29 is 4.42 Å². The fraction of sp³-hybridized carbons (Fsp3) is 0.727. The maximum atomic E-state index is 11.0. The van der Waals surface area contributed by atoms with Gasteiger partial charge in [0.2, 0.25) is 0 Å². The van der Waals surface area contributed by atoms with Gasteiger partial charge < -0.3 is 4.42 Å². The van der Waals surface area contributed by atoms with E-state index in [1.54, 1.807) is 0 Å². The number of unbranched alkanes of at least 4 members (excludes halogenated alkanes) is 2. The first-order valence-electron chi connectivity index (χ1n) is 5.48.